The van der Waals surface area contributed by atoms with Crippen molar-refractivity contribution in [1.82, 2.24) is 0 Å². The summed E-state index contributed by atoms with van der Waals surface area (Å²) in [6.45, 7) is 13.7. The minimum atomic E-state index is -5.06. The second-order valence-electron chi connectivity index (χ2n) is 16.2. The SMILES string of the molecule is C[C@H](CCC1(C)CC1(C)C)[C@H]1CC[C@H]2[C@@H]3C[C@H](OS(=O)(=O)O)[C@H]4C[C@H](OS(=O)(=O)O)[C@@H](OS(=O)(=O)O)C[C@]4(C)[C@H]3CC[C@]12C. The van der Waals surface area contributed by atoms with Gasteiger partial charge in [0.25, 0.3) is 0 Å². The predicted molar refractivity (Wildman–Crippen MR) is 160 cm³/mol. The molecule has 0 radical (unpaired) electrons. The van der Waals surface area contributed by atoms with Gasteiger partial charge in [0.15, 0.2) is 0 Å². The van der Waals surface area contributed by atoms with Crippen LogP contribution in [0.25, 0.3) is 0 Å². The Morgan fingerprint density at radius 3 is 1.77 bits per heavy atom. The van der Waals surface area contributed by atoms with Crippen LogP contribution >= 0.6 is 0 Å². The van der Waals surface area contributed by atoms with Crippen molar-refractivity contribution in [2.24, 2.45) is 57.2 Å². The molecule has 0 aromatic carbocycles. The molecule has 0 saturated heterocycles. The van der Waals surface area contributed by atoms with Crippen LogP contribution in [0.3, 0.4) is 0 Å². The van der Waals surface area contributed by atoms with Gasteiger partial charge < -0.3 is 0 Å². The third kappa shape index (κ3) is 6.65. The molecule has 5 aliphatic rings. The Kier molecular flexibility index (Phi) is 8.79. The van der Waals surface area contributed by atoms with Gasteiger partial charge in [-0.25, -0.2) is 12.5 Å². The van der Waals surface area contributed by atoms with E-state index in [-0.39, 0.29) is 36.0 Å². The highest BCUT2D eigenvalue weighted by molar-refractivity contribution is 7.81. The molecule has 0 aromatic rings. The van der Waals surface area contributed by atoms with Crippen molar-refractivity contribution in [2.45, 2.75) is 124 Å². The molecule has 5 rings (SSSR count). The number of hydrogen-bond acceptors (Lipinski definition) is 9. The molecule has 5 fully saturated rings. The molecule has 44 heavy (non-hydrogen) atoms. The fraction of sp³-hybridized carbons (Fsp3) is 1.00. The molecule has 15 heteroatoms. The van der Waals surface area contributed by atoms with E-state index in [1.165, 1.54) is 12.8 Å². The summed E-state index contributed by atoms with van der Waals surface area (Å²) >= 11 is 0. The van der Waals surface area contributed by atoms with Crippen LogP contribution in [-0.2, 0) is 43.7 Å². The van der Waals surface area contributed by atoms with Gasteiger partial charge in [0.1, 0.15) is 12.2 Å². The van der Waals surface area contributed by atoms with Gasteiger partial charge in [-0.05, 0) is 121 Å². The summed E-state index contributed by atoms with van der Waals surface area (Å²) in [6, 6.07) is 0. The van der Waals surface area contributed by atoms with Crippen LogP contribution in [0.5, 0.6) is 0 Å². The number of fused-ring (bicyclic) bond motifs is 5. The summed E-state index contributed by atoms with van der Waals surface area (Å²) in [5, 5.41) is 0. The first-order chi connectivity index (χ1) is 19.9. The lowest BCUT2D eigenvalue weighted by molar-refractivity contribution is -0.184. The van der Waals surface area contributed by atoms with Crippen LogP contribution < -0.4 is 0 Å². The molecule has 1 unspecified atom stereocenters. The quantitative estimate of drug-likeness (QED) is 0.252. The molecular formula is C29H50O12S3. The van der Waals surface area contributed by atoms with Gasteiger partial charge in [0.05, 0.1) is 6.10 Å². The van der Waals surface area contributed by atoms with Gasteiger partial charge in [-0.3, -0.25) is 13.7 Å². The molecular weight excluding hydrogens is 637 g/mol. The Hall–Kier alpha value is -0.390. The zero-order valence-corrected chi connectivity index (χ0v) is 29.0. The van der Waals surface area contributed by atoms with E-state index in [0.29, 0.717) is 29.1 Å². The van der Waals surface area contributed by atoms with Crippen LogP contribution in [0.2, 0.25) is 0 Å². The molecule has 12 nitrogen and oxygen atoms in total. The maximum absolute atomic E-state index is 12.1. The first-order valence-electron chi connectivity index (χ1n) is 15.8. The fourth-order valence-electron chi connectivity index (χ4n) is 11.1. The van der Waals surface area contributed by atoms with Crippen LogP contribution in [0.4, 0.5) is 0 Å². The predicted octanol–water partition coefficient (Wildman–Crippen LogP) is 5.28. The average molecular weight is 687 g/mol. The number of rotatable bonds is 10. The smallest absolute Gasteiger partial charge is 0.264 e. The summed E-state index contributed by atoms with van der Waals surface area (Å²) in [6.07, 6.45) is 3.29. The summed E-state index contributed by atoms with van der Waals surface area (Å²) < 4.78 is 115. The summed E-state index contributed by atoms with van der Waals surface area (Å²) in [5.74, 6) is 0.587. The Morgan fingerprint density at radius 2 is 1.23 bits per heavy atom. The monoisotopic (exact) mass is 686 g/mol. The molecule has 0 heterocycles. The van der Waals surface area contributed by atoms with Crippen molar-refractivity contribution in [3.63, 3.8) is 0 Å². The maximum Gasteiger partial charge on any atom is 0.397 e. The summed E-state index contributed by atoms with van der Waals surface area (Å²) in [5.41, 5.74) is -0.0407. The summed E-state index contributed by atoms with van der Waals surface area (Å²) in [4.78, 5) is 0. The molecule has 5 saturated carbocycles. The molecule has 3 N–H and O–H groups in total. The van der Waals surface area contributed by atoms with Gasteiger partial charge in [-0.15, -0.1) is 0 Å². The highest BCUT2D eigenvalue weighted by atomic mass is 32.3. The van der Waals surface area contributed by atoms with Gasteiger partial charge in [-0.2, -0.15) is 25.3 Å². The molecule has 0 amide bonds. The Labute approximate surface area is 263 Å². The van der Waals surface area contributed by atoms with Crippen molar-refractivity contribution in [2.75, 3.05) is 0 Å². The van der Waals surface area contributed by atoms with E-state index >= 15 is 0 Å². The maximum atomic E-state index is 12.1. The van der Waals surface area contributed by atoms with Crippen molar-refractivity contribution >= 4 is 31.2 Å². The first kappa shape index (κ1) is 34.9. The largest absolute Gasteiger partial charge is 0.397 e. The fourth-order valence-corrected chi connectivity index (χ4v) is 12.7. The van der Waals surface area contributed by atoms with E-state index in [1.54, 1.807) is 0 Å². The zero-order chi connectivity index (χ0) is 32.9. The van der Waals surface area contributed by atoms with Crippen LogP contribution in [-0.4, -0.2) is 57.2 Å². The second-order valence-corrected chi connectivity index (χ2v) is 19.4. The normalized spacial score (nSPS) is 46.0. The lowest BCUT2D eigenvalue weighted by Gasteiger charge is -2.63. The van der Waals surface area contributed by atoms with Crippen LogP contribution in [0, 0.1) is 57.2 Å². The van der Waals surface area contributed by atoms with Crippen LogP contribution in [0.15, 0.2) is 0 Å². The highest BCUT2D eigenvalue weighted by Crippen LogP contribution is 2.70. The van der Waals surface area contributed by atoms with Crippen molar-refractivity contribution in [3.8, 4) is 0 Å². The Bertz CT molecular complexity index is 1450. The number of hydrogen-bond donors (Lipinski definition) is 3. The molecule has 0 spiro atoms. The lowest BCUT2D eigenvalue weighted by Crippen LogP contribution is -2.62. The lowest BCUT2D eigenvalue weighted by atomic mass is 9.43. The van der Waals surface area contributed by atoms with Gasteiger partial charge >= 0.3 is 31.2 Å². The topological polar surface area (TPSA) is 191 Å². The molecule has 256 valence electrons. The van der Waals surface area contributed by atoms with E-state index < -0.39 is 60.8 Å². The highest BCUT2D eigenvalue weighted by Gasteiger charge is 2.65. The molecule has 0 aliphatic heterocycles. The molecule has 0 bridgehead atoms. The third-order valence-corrected chi connectivity index (χ3v) is 15.1. The Morgan fingerprint density at radius 1 is 0.705 bits per heavy atom. The van der Waals surface area contributed by atoms with Crippen LogP contribution in [0.1, 0.15) is 106 Å². The van der Waals surface area contributed by atoms with Crippen molar-refractivity contribution in [3.05, 3.63) is 0 Å². The first-order valence-corrected chi connectivity index (χ1v) is 19.9. The second kappa shape index (κ2) is 11.1. The zero-order valence-electron chi connectivity index (χ0n) is 26.5. The standard InChI is InChI=1S/C29H50O12S3/c1-17(9-11-27(4)16-26(27,2)3)19-7-8-20-18-13-23(39-42(30,31)32)22-14-24(40-43(33,34)35)25(41-44(36,37)38)15-29(22,6)21(18)10-12-28(19,20)5/h17-25H,7-16H2,1-6H3,(H,30,31,32)(H,33,34,35)(H,36,37,38)/t17-,18+,19-,20+,21+,22-,23+,24+,25+,27?,28-,29-/m1/s1. The van der Waals surface area contributed by atoms with Gasteiger partial charge in [0, 0.05) is 0 Å². The van der Waals surface area contributed by atoms with Gasteiger partial charge in [0.2, 0.25) is 0 Å². The summed E-state index contributed by atoms with van der Waals surface area (Å²) in [7, 11) is -15.0. The van der Waals surface area contributed by atoms with Crippen molar-refractivity contribution in [1.29, 1.82) is 0 Å². The van der Waals surface area contributed by atoms with E-state index in [1.807, 2.05) is 6.92 Å². The minimum absolute atomic E-state index is 0.00394. The van der Waals surface area contributed by atoms with E-state index in [4.69, 9.17) is 12.5 Å². The molecule has 0 aromatic heterocycles. The Balaban J connectivity index is 1.44. The molecule has 5 aliphatic carbocycles. The van der Waals surface area contributed by atoms with Crippen molar-refractivity contribution < 1.29 is 51.5 Å². The van der Waals surface area contributed by atoms with E-state index in [9.17, 15) is 38.9 Å². The third-order valence-electron chi connectivity index (χ3n) is 13.6. The van der Waals surface area contributed by atoms with E-state index in [2.05, 4.69) is 34.6 Å². The average Bonchev–Trinajstić information content (AvgIpc) is 3.14. The van der Waals surface area contributed by atoms with Gasteiger partial charge in [-0.1, -0.05) is 41.5 Å². The molecule has 12 atom stereocenters. The minimum Gasteiger partial charge on any atom is -0.264 e. The van der Waals surface area contributed by atoms with E-state index in [0.717, 1.165) is 32.1 Å².